The molecule has 0 radical (unpaired) electrons. The Morgan fingerprint density at radius 3 is 2.58 bits per heavy atom. The molecule has 100 valence electrons. The average Bonchev–Trinajstić information content (AvgIpc) is 2.67. The molecule has 19 heavy (non-hydrogen) atoms. The van der Waals surface area contributed by atoms with E-state index in [9.17, 15) is 4.79 Å². The first-order valence-corrected chi connectivity index (χ1v) is 6.35. The number of anilines is 1. The van der Waals surface area contributed by atoms with Crippen LogP contribution in [0.5, 0.6) is 0 Å². The second kappa shape index (κ2) is 5.53. The minimum atomic E-state index is -0.402. The summed E-state index contributed by atoms with van der Waals surface area (Å²) >= 11 is 5.29. The van der Waals surface area contributed by atoms with E-state index in [1.165, 1.54) is 4.90 Å². The number of carbonyl (C=O) groups excluding carboxylic acids is 1. The van der Waals surface area contributed by atoms with Gasteiger partial charge >= 0.3 is 0 Å². The van der Waals surface area contributed by atoms with Crippen LogP contribution >= 0.6 is 0 Å². The summed E-state index contributed by atoms with van der Waals surface area (Å²) in [6.07, 6.45) is 1.82. The summed E-state index contributed by atoms with van der Waals surface area (Å²) in [4.78, 5) is 12.7. The number of nitrogens with zero attached hydrogens (tertiary/aromatic N) is 1. The van der Waals surface area contributed by atoms with E-state index in [0.29, 0.717) is 5.56 Å². The molecule has 1 aromatic rings. The normalized spacial score (nSPS) is 25.8. The van der Waals surface area contributed by atoms with E-state index in [1.54, 1.807) is 18.2 Å². The maximum Gasteiger partial charge on any atom is 0.239 e. The molecule has 3 unspecified atom stereocenters. The van der Waals surface area contributed by atoms with Crippen LogP contribution in [0.1, 0.15) is 17.3 Å². The Hall–Kier alpha value is -1.68. The molecular weight excluding hydrogens is 262 g/mol. The molecule has 5 nitrogen and oxygen atoms in total. The number of nitrogens with one attached hydrogen (secondary N) is 2. The lowest BCUT2D eigenvalue weighted by Crippen LogP contribution is -3.14. The lowest BCUT2D eigenvalue weighted by atomic mass is 10.1. The van der Waals surface area contributed by atoms with Crippen molar-refractivity contribution >= 4 is 24.1 Å². The number of hydrazine groups is 1. The Kier molecular flexibility index (Phi) is 4.00. The number of aliphatic hydroxyl groups excluding tert-OH is 1. The Morgan fingerprint density at radius 2 is 2.11 bits per heavy atom. The first-order valence-electron chi connectivity index (χ1n) is 5.88. The first-order chi connectivity index (χ1) is 9.04. The van der Waals surface area contributed by atoms with Crippen LogP contribution in [-0.2, 0) is 12.6 Å². The maximum atomic E-state index is 11.5. The summed E-state index contributed by atoms with van der Waals surface area (Å²) in [7, 11) is 2.03. The second-order valence-corrected chi connectivity index (χ2v) is 4.88. The van der Waals surface area contributed by atoms with E-state index >= 15 is 0 Å². The molecular formula is C13H15N3O2S. The van der Waals surface area contributed by atoms with Crippen molar-refractivity contribution < 1.29 is 14.8 Å². The molecule has 1 aromatic carbocycles. The van der Waals surface area contributed by atoms with Crippen molar-refractivity contribution in [2.45, 2.75) is 18.6 Å². The van der Waals surface area contributed by atoms with Gasteiger partial charge in [0.2, 0.25) is 5.78 Å². The molecule has 0 amide bonds. The lowest BCUT2D eigenvalue weighted by Gasteiger charge is -2.22. The van der Waals surface area contributed by atoms with Gasteiger partial charge in [0.1, 0.15) is 6.11 Å². The summed E-state index contributed by atoms with van der Waals surface area (Å²) in [5.74, 6) is 1.69. The molecule has 1 fully saturated rings. The zero-order valence-corrected chi connectivity index (χ0v) is 11.5. The van der Waals surface area contributed by atoms with Crippen LogP contribution in [0.25, 0.3) is 0 Å². The SMILES string of the molecule is CC1N(c2ccc(C(=O)C#CO)cc2)NC([S-])[NH+]1C. The second-order valence-electron chi connectivity index (χ2n) is 4.41. The van der Waals surface area contributed by atoms with Crippen molar-refractivity contribution in [1.29, 1.82) is 0 Å². The molecule has 1 aliphatic heterocycles. The van der Waals surface area contributed by atoms with E-state index in [-0.39, 0.29) is 11.7 Å². The van der Waals surface area contributed by atoms with Gasteiger partial charge in [-0.25, -0.2) is 0 Å². The zero-order chi connectivity index (χ0) is 14.0. The van der Waals surface area contributed by atoms with Crippen LogP contribution in [0.4, 0.5) is 5.69 Å². The highest BCUT2D eigenvalue weighted by atomic mass is 32.1. The molecule has 1 saturated heterocycles. The van der Waals surface area contributed by atoms with Gasteiger partial charge in [-0.3, -0.25) is 9.80 Å². The largest absolute Gasteiger partial charge is 0.709 e. The summed E-state index contributed by atoms with van der Waals surface area (Å²) in [5.41, 5.74) is 4.52. The van der Waals surface area contributed by atoms with Crippen molar-refractivity contribution in [3.63, 3.8) is 0 Å². The van der Waals surface area contributed by atoms with E-state index in [4.69, 9.17) is 17.7 Å². The summed E-state index contributed by atoms with van der Waals surface area (Å²) in [6, 6.07) is 7.03. The molecule has 2 rings (SSSR count). The van der Waals surface area contributed by atoms with Crippen molar-refractivity contribution in [3.8, 4) is 12.0 Å². The van der Waals surface area contributed by atoms with E-state index < -0.39 is 5.78 Å². The summed E-state index contributed by atoms with van der Waals surface area (Å²) < 4.78 is 0. The number of rotatable bonds is 2. The summed E-state index contributed by atoms with van der Waals surface area (Å²) in [5, 5.41) is 10.4. The number of benzene rings is 1. The topological polar surface area (TPSA) is 57.0 Å². The van der Waals surface area contributed by atoms with Crippen molar-refractivity contribution in [3.05, 3.63) is 29.8 Å². The Morgan fingerprint density at radius 1 is 1.47 bits per heavy atom. The van der Waals surface area contributed by atoms with Gasteiger partial charge in [-0.1, -0.05) is 0 Å². The number of hydrogen-bond donors (Lipinski definition) is 3. The third kappa shape index (κ3) is 2.68. The molecule has 0 spiro atoms. The predicted octanol–water partition coefficient (Wildman–Crippen LogP) is -0.781. The molecule has 1 heterocycles. The molecule has 3 N–H and O–H groups in total. The molecule has 6 heteroatoms. The smallest absolute Gasteiger partial charge is 0.239 e. The van der Waals surface area contributed by atoms with E-state index in [2.05, 4.69) is 18.3 Å². The summed E-state index contributed by atoms with van der Waals surface area (Å²) in [6.45, 7) is 2.07. The number of aliphatic hydroxyl groups is 1. The quantitative estimate of drug-likeness (QED) is 0.376. The number of Topliss-reactive ketones (excluding diaryl/α,β-unsaturated/α-hetero) is 1. The minimum absolute atomic E-state index is 0.0726. The van der Waals surface area contributed by atoms with Crippen LogP contribution in [-0.4, -0.2) is 29.6 Å². The maximum absolute atomic E-state index is 11.5. The number of hydrogen-bond acceptors (Lipinski definition) is 5. The van der Waals surface area contributed by atoms with Crippen LogP contribution in [0.3, 0.4) is 0 Å². The number of ketones is 1. The van der Waals surface area contributed by atoms with Crippen LogP contribution in [0.2, 0.25) is 0 Å². The van der Waals surface area contributed by atoms with Gasteiger partial charge in [-0.05, 0) is 24.3 Å². The highest BCUT2D eigenvalue weighted by Gasteiger charge is 2.30. The van der Waals surface area contributed by atoms with Crippen molar-refractivity contribution in [2.24, 2.45) is 0 Å². The fraction of sp³-hybridized carbons (Fsp3) is 0.308. The van der Waals surface area contributed by atoms with E-state index in [1.807, 2.05) is 24.2 Å². The van der Waals surface area contributed by atoms with Crippen LogP contribution < -0.4 is 15.3 Å². The Bertz CT molecular complexity index is 535. The molecule has 0 aliphatic carbocycles. The first kappa shape index (κ1) is 13.7. The Balaban J connectivity index is 2.19. The third-order valence-electron chi connectivity index (χ3n) is 3.29. The monoisotopic (exact) mass is 277 g/mol. The molecule has 0 bridgehead atoms. The van der Waals surface area contributed by atoms with Gasteiger partial charge < -0.3 is 22.6 Å². The van der Waals surface area contributed by atoms with Crippen molar-refractivity contribution in [2.75, 3.05) is 12.1 Å². The van der Waals surface area contributed by atoms with Gasteiger partial charge in [0.05, 0.1) is 12.7 Å². The standard InChI is InChI=1S/C13H15N3O2S/c1-9-15(2)13(19)14-16(9)11-5-3-10(4-6-11)12(18)7-8-17/h3-6,9,13-14,17,19H,1-2H3. The molecule has 0 aromatic heterocycles. The van der Waals surface area contributed by atoms with Crippen LogP contribution in [0.15, 0.2) is 24.3 Å². The molecule has 0 saturated carbocycles. The van der Waals surface area contributed by atoms with E-state index in [0.717, 1.165) is 5.69 Å². The fourth-order valence-corrected chi connectivity index (χ4v) is 2.27. The van der Waals surface area contributed by atoms with Gasteiger partial charge in [0.25, 0.3) is 0 Å². The highest BCUT2D eigenvalue weighted by Crippen LogP contribution is 2.16. The molecule has 1 aliphatic rings. The molecule has 3 atom stereocenters. The fourth-order valence-electron chi connectivity index (χ4n) is 1.96. The highest BCUT2D eigenvalue weighted by molar-refractivity contribution is 7.59. The lowest BCUT2D eigenvalue weighted by molar-refractivity contribution is -0.900. The Labute approximate surface area is 117 Å². The number of carbonyl (C=O) groups is 1. The van der Waals surface area contributed by atoms with Gasteiger partial charge in [0, 0.05) is 23.9 Å². The van der Waals surface area contributed by atoms with Crippen LogP contribution in [0, 0.1) is 12.0 Å². The zero-order valence-electron chi connectivity index (χ0n) is 10.7. The predicted molar refractivity (Wildman–Crippen MR) is 73.6 cm³/mol. The van der Waals surface area contributed by atoms with Crippen molar-refractivity contribution in [1.82, 2.24) is 5.43 Å². The third-order valence-corrected chi connectivity index (χ3v) is 3.77. The van der Waals surface area contributed by atoms with Gasteiger partial charge in [-0.2, -0.15) is 5.43 Å². The van der Waals surface area contributed by atoms with Gasteiger partial charge in [0.15, 0.2) is 6.17 Å². The average molecular weight is 277 g/mol. The minimum Gasteiger partial charge on any atom is -0.709 e. The number of quaternary nitrogens is 1. The van der Waals surface area contributed by atoms with Gasteiger partial charge in [-0.15, -0.1) is 0 Å².